The molecule has 0 radical (unpaired) electrons. The zero-order valence-corrected chi connectivity index (χ0v) is 14.6. The van der Waals surface area contributed by atoms with Crippen LogP contribution in [0.4, 0.5) is 4.79 Å². The number of alkyl carbamates (subject to hydrolysis) is 1. The first kappa shape index (κ1) is 18.3. The zero-order chi connectivity index (χ0) is 17.6. The molecular formula is C18H26N2O4. The zero-order valence-electron chi connectivity index (χ0n) is 14.6. The average Bonchev–Trinajstić information content (AvgIpc) is 2.54. The summed E-state index contributed by atoms with van der Waals surface area (Å²) in [6, 6.07) is 9.89. The number of morpholine rings is 1. The molecule has 0 bridgehead atoms. The molecule has 1 aromatic carbocycles. The van der Waals surface area contributed by atoms with E-state index in [0.29, 0.717) is 19.7 Å². The van der Waals surface area contributed by atoms with Crippen LogP contribution in [-0.4, -0.2) is 48.7 Å². The van der Waals surface area contributed by atoms with Crippen LogP contribution in [0.2, 0.25) is 0 Å². The maximum absolute atomic E-state index is 12.3. The van der Waals surface area contributed by atoms with E-state index in [9.17, 15) is 9.59 Å². The van der Waals surface area contributed by atoms with Crippen LogP contribution < -0.4 is 5.32 Å². The van der Waals surface area contributed by atoms with E-state index >= 15 is 0 Å². The molecule has 1 atom stereocenters. The lowest BCUT2D eigenvalue weighted by atomic mass is 10.1. The minimum atomic E-state index is -0.540. The number of hydrogen-bond donors (Lipinski definition) is 1. The number of hydrogen-bond acceptors (Lipinski definition) is 4. The Hall–Kier alpha value is -2.08. The Morgan fingerprint density at radius 2 is 2.00 bits per heavy atom. The summed E-state index contributed by atoms with van der Waals surface area (Å²) >= 11 is 0. The first-order valence-corrected chi connectivity index (χ1v) is 8.26. The van der Waals surface area contributed by atoms with E-state index in [2.05, 4.69) is 5.32 Å². The van der Waals surface area contributed by atoms with Crippen LogP contribution in [0.3, 0.4) is 0 Å². The first-order valence-electron chi connectivity index (χ1n) is 8.26. The molecule has 0 spiro atoms. The molecule has 0 aliphatic carbocycles. The van der Waals surface area contributed by atoms with Crippen molar-refractivity contribution in [2.75, 3.05) is 26.2 Å². The Labute approximate surface area is 143 Å². The molecule has 1 N–H and O–H groups in total. The molecule has 0 aromatic heterocycles. The third-order valence-electron chi connectivity index (χ3n) is 3.60. The third-order valence-corrected chi connectivity index (χ3v) is 3.60. The highest BCUT2D eigenvalue weighted by molar-refractivity contribution is 5.77. The number of amides is 2. The van der Waals surface area contributed by atoms with Gasteiger partial charge in [0.25, 0.3) is 0 Å². The van der Waals surface area contributed by atoms with Crippen molar-refractivity contribution in [3.05, 3.63) is 35.9 Å². The molecule has 24 heavy (non-hydrogen) atoms. The van der Waals surface area contributed by atoms with Gasteiger partial charge in [0.05, 0.1) is 13.2 Å². The predicted octanol–water partition coefficient (Wildman–Crippen LogP) is 2.50. The molecule has 6 heteroatoms. The maximum atomic E-state index is 12.3. The van der Waals surface area contributed by atoms with Crippen LogP contribution in [0.5, 0.6) is 0 Å². The number of carbonyl (C=O) groups excluding carboxylic acids is 2. The number of rotatable bonds is 4. The molecule has 0 saturated carbocycles. The van der Waals surface area contributed by atoms with Crippen molar-refractivity contribution in [2.24, 2.45) is 0 Å². The van der Waals surface area contributed by atoms with Crippen molar-refractivity contribution in [3.63, 3.8) is 0 Å². The highest BCUT2D eigenvalue weighted by Gasteiger charge is 2.25. The third kappa shape index (κ3) is 5.85. The second-order valence-corrected chi connectivity index (χ2v) is 6.79. The van der Waals surface area contributed by atoms with Gasteiger partial charge in [-0.3, -0.25) is 4.79 Å². The largest absolute Gasteiger partial charge is 0.444 e. The van der Waals surface area contributed by atoms with Crippen LogP contribution in [0, 0.1) is 0 Å². The van der Waals surface area contributed by atoms with Crippen molar-refractivity contribution in [1.29, 1.82) is 0 Å². The van der Waals surface area contributed by atoms with Crippen LogP contribution >= 0.6 is 0 Å². The average molecular weight is 334 g/mol. The highest BCUT2D eigenvalue weighted by Crippen LogP contribution is 2.22. The van der Waals surface area contributed by atoms with Gasteiger partial charge in [-0.05, 0) is 26.3 Å². The predicted molar refractivity (Wildman–Crippen MR) is 90.6 cm³/mol. The van der Waals surface area contributed by atoms with Crippen LogP contribution in [0.15, 0.2) is 30.3 Å². The normalized spacial score (nSPS) is 18.1. The van der Waals surface area contributed by atoms with E-state index in [1.807, 2.05) is 30.3 Å². The second-order valence-electron chi connectivity index (χ2n) is 6.79. The summed E-state index contributed by atoms with van der Waals surface area (Å²) in [5.41, 5.74) is 0.531. The van der Waals surface area contributed by atoms with Gasteiger partial charge in [-0.15, -0.1) is 0 Å². The fourth-order valence-corrected chi connectivity index (χ4v) is 2.49. The van der Waals surface area contributed by atoms with E-state index in [0.717, 1.165) is 5.56 Å². The van der Waals surface area contributed by atoms with Crippen LogP contribution in [0.25, 0.3) is 0 Å². The fourth-order valence-electron chi connectivity index (χ4n) is 2.49. The Balaban J connectivity index is 1.77. The first-order chi connectivity index (χ1) is 11.3. The van der Waals surface area contributed by atoms with Gasteiger partial charge in [0.2, 0.25) is 5.91 Å². The number of nitrogens with zero attached hydrogens (tertiary/aromatic N) is 1. The molecule has 1 fully saturated rings. The van der Waals surface area contributed by atoms with E-state index in [1.54, 1.807) is 25.7 Å². The number of benzene rings is 1. The van der Waals surface area contributed by atoms with Crippen molar-refractivity contribution in [2.45, 2.75) is 38.9 Å². The molecule has 1 aliphatic heterocycles. The smallest absolute Gasteiger partial charge is 0.407 e. The van der Waals surface area contributed by atoms with Gasteiger partial charge < -0.3 is 19.7 Å². The number of nitrogens with one attached hydrogen (secondary N) is 1. The van der Waals surface area contributed by atoms with Crippen molar-refractivity contribution in [1.82, 2.24) is 10.2 Å². The molecule has 1 unspecified atom stereocenters. The van der Waals surface area contributed by atoms with Gasteiger partial charge in [-0.2, -0.15) is 0 Å². The minimum Gasteiger partial charge on any atom is -0.444 e. The molecule has 2 amide bonds. The number of ether oxygens (including phenoxy) is 2. The molecule has 2 rings (SSSR count). The summed E-state index contributed by atoms with van der Waals surface area (Å²) in [6.07, 6.45) is -0.344. The van der Waals surface area contributed by atoms with Crippen molar-refractivity contribution in [3.8, 4) is 0 Å². The van der Waals surface area contributed by atoms with Crippen molar-refractivity contribution < 1.29 is 19.1 Å². The van der Waals surface area contributed by atoms with Gasteiger partial charge in [0.1, 0.15) is 11.7 Å². The minimum absolute atomic E-state index is 0.00953. The van der Waals surface area contributed by atoms with E-state index < -0.39 is 11.7 Å². The number of carbonyl (C=O) groups is 2. The van der Waals surface area contributed by atoms with Crippen LogP contribution in [-0.2, 0) is 14.3 Å². The molecule has 6 nitrogen and oxygen atoms in total. The molecule has 1 aromatic rings. The van der Waals surface area contributed by atoms with Gasteiger partial charge in [-0.1, -0.05) is 30.3 Å². The molecule has 1 aliphatic rings. The van der Waals surface area contributed by atoms with E-state index in [4.69, 9.17) is 9.47 Å². The highest BCUT2D eigenvalue weighted by atomic mass is 16.6. The summed E-state index contributed by atoms with van der Waals surface area (Å²) in [5, 5.41) is 2.61. The fraction of sp³-hybridized carbons (Fsp3) is 0.556. The maximum Gasteiger partial charge on any atom is 0.407 e. The Bertz CT molecular complexity index is 554. The summed E-state index contributed by atoms with van der Waals surface area (Å²) < 4.78 is 10.9. The SMILES string of the molecule is CC(C)(C)OC(=O)NCCC(=O)N1CCOC(c2ccccc2)C1. The Kier molecular flexibility index (Phi) is 6.20. The topological polar surface area (TPSA) is 67.9 Å². The lowest BCUT2D eigenvalue weighted by molar-refractivity contribution is -0.138. The van der Waals surface area contributed by atoms with Gasteiger partial charge in [0.15, 0.2) is 0 Å². The van der Waals surface area contributed by atoms with Gasteiger partial charge in [0, 0.05) is 19.5 Å². The van der Waals surface area contributed by atoms with Gasteiger partial charge in [-0.25, -0.2) is 4.79 Å². The molecular weight excluding hydrogens is 308 g/mol. The van der Waals surface area contributed by atoms with Crippen LogP contribution in [0.1, 0.15) is 38.9 Å². The van der Waals surface area contributed by atoms with Crippen molar-refractivity contribution >= 4 is 12.0 Å². The Morgan fingerprint density at radius 3 is 2.67 bits per heavy atom. The monoisotopic (exact) mass is 334 g/mol. The second kappa shape index (κ2) is 8.15. The summed E-state index contributed by atoms with van der Waals surface area (Å²) in [4.78, 5) is 25.7. The molecule has 1 saturated heterocycles. The lowest BCUT2D eigenvalue weighted by Gasteiger charge is -2.33. The summed E-state index contributed by atoms with van der Waals surface area (Å²) in [5.74, 6) is 0.00953. The van der Waals surface area contributed by atoms with E-state index in [-0.39, 0.29) is 25.0 Å². The van der Waals surface area contributed by atoms with E-state index in [1.165, 1.54) is 0 Å². The Morgan fingerprint density at radius 1 is 1.29 bits per heavy atom. The molecule has 1 heterocycles. The van der Waals surface area contributed by atoms with Gasteiger partial charge >= 0.3 is 6.09 Å². The molecule has 132 valence electrons. The quantitative estimate of drug-likeness (QED) is 0.919. The summed E-state index contributed by atoms with van der Waals surface area (Å²) in [6.45, 7) is 7.30. The summed E-state index contributed by atoms with van der Waals surface area (Å²) in [7, 11) is 0. The lowest BCUT2D eigenvalue weighted by Crippen LogP contribution is -2.43. The standard InChI is InChI=1S/C18H26N2O4/c1-18(2,3)24-17(22)19-10-9-16(21)20-11-12-23-15(13-20)14-7-5-4-6-8-14/h4-8,15H,9-13H2,1-3H3,(H,19,22).